The third kappa shape index (κ3) is 5.11. The van der Waals surface area contributed by atoms with Crippen LogP contribution in [0.15, 0.2) is 16.7 Å². The van der Waals surface area contributed by atoms with Crippen molar-refractivity contribution in [1.82, 2.24) is 9.80 Å². The Hall–Kier alpha value is -1.86. The quantitative estimate of drug-likeness (QED) is 0.759. The normalized spacial score (nSPS) is 25.6. The summed E-state index contributed by atoms with van der Waals surface area (Å²) in [5.74, 6) is 0.554. The molecule has 1 aromatic rings. The molecular formula is C20H30N2O5. The lowest BCUT2D eigenvalue weighted by atomic mass is 10.1. The van der Waals surface area contributed by atoms with Crippen LogP contribution in [-0.4, -0.2) is 72.7 Å². The molecule has 27 heavy (non-hydrogen) atoms. The van der Waals surface area contributed by atoms with Gasteiger partial charge < -0.3 is 23.7 Å². The molecule has 0 aromatic carbocycles. The van der Waals surface area contributed by atoms with Gasteiger partial charge in [0, 0.05) is 39.2 Å². The van der Waals surface area contributed by atoms with Gasteiger partial charge in [-0.1, -0.05) is 0 Å². The van der Waals surface area contributed by atoms with Crippen molar-refractivity contribution in [1.29, 1.82) is 0 Å². The number of carbonyl (C=O) groups is 2. The SMILES string of the molecule is Cc1occc1C(=O)N(CCC(=O)N1C[C@@H](C)O[C@@H](C)C1)C[C@@H]1CCCO1. The van der Waals surface area contributed by atoms with Crippen LogP contribution in [0.1, 0.15) is 49.2 Å². The zero-order valence-electron chi connectivity index (χ0n) is 16.5. The average Bonchev–Trinajstić information content (AvgIpc) is 3.28. The molecule has 2 aliphatic rings. The Bertz CT molecular complexity index is 643. The number of morpholine rings is 1. The van der Waals surface area contributed by atoms with E-state index in [1.165, 1.54) is 6.26 Å². The summed E-state index contributed by atoms with van der Waals surface area (Å²) in [6, 6.07) is 1.69. The van der Waals surface area contributed by atoms with Gasteiger partial charge >= 0.3 is 0 Å². The summed E-state index contributed by atoms with van der Waals surface area (Å²) in [4.78, 5) is 29.2. The van der Waals surface area contributed by atoms with Gasteiger partial charge in [-0.3, -0.25) is 9.59 Å². The average molecular weight is 378 g/mol. The van der Waals surface area contributed by atoms with Crippen molar-refractivity contribution < 1.29 is 23.5 Å². The first-order valence-corrected chi connectivity index (χ1v) is 9.82. The predicted octanol–water partition coefficient (Wildman–Crippen LogP) is 2.24. The van der Waals surface area contributed by atoms with Crippen LogP contribution in [0.3, 0.4) is 0 Å². The topological polar surface area (TPSA) is 72.2 Å². The lowest BCUT2D eigenvalue weighted by Gasteiger charge is -2.36. The lowest BCUT2D eigenvalue weighted by Crippen LogP contribution is -2.49. The van der Waals surface area contributed by atoms with Crippen molar-refractivity contribution in [3.05, 3.63) is 23.7 Å². The van der Waals surface area contributed by atoms with E-state index in [9.17, 15) is 9.59 Å². The minimum Gasteiger partial charge on any atom is -0.469 e. The van der Waals surface area contributed by atoms with Gasteiger partial charge in [-0.05, 0) is 39.7 Å². The molecule has 2 fully saturated rings. The first kappa shape index (κ1) is 19.9. The molecule has 0 saturated carbocycles. The van der Waals surface area contributed by atoms with Crippen molar-refractivity contribution >= 4 is 11.8 Å². The molecule has 1 aromatic heterocycles. The minimum absolute atomic E-state index is 0.0379. The Morgan fingerprint density at radius 2 is 2.00 bits per heavy atom. The Kier molecular flexibility index (Phi) is 6.55. The zero-order chi connectivity index (χ0) is 19.4. The van der Waals surface area contributed by atoms with Crippen LogP contribution in [0.2, 0.25) is 0 Å². The number of hydrogen-bond donors (Lipinski definition) is 0. The molecule has 7 heteroatoms. The summed E-state index contributed by atoms with van der Waals surface area (Å²) in [6.45, 7) is 8.55. The molecule has 2 aliphatic heterocycles. The maximum Gasteiger partial charge on any atom is 0.257 e. The van der Waals surface area contributed by atoms with E-state index in [0.29, 0.717) is 43.9 Å². The molecule has 150 valence electrons. The monoisotopic (exact) mass is 378 g/mol. The molecule has 3 atom stereocenters. The van der Waals surface area contributed by atoms with Gasteiger partial charge in [-0.15, -0.1) is 0 Å². The molecule has 3 rings (SSSR count). The summed E-state index contributed by atoms with van der Waals surface area (Å²) in [5.41, 5.74) is 0.550. The van der Waals surface area contributed by atoms with E-state index in [-0.39, 0.29) is 30.1 Å². The van der Waals surface area contributed by atoms with E-state index < -0.39 is 0 Å². The summed E-state index contributed by atoms with van der Waals surface area (Å²) in [5, 5.41) is 0. The van der Waals surface area contributed by atoms with Crippen molar-refractivity contribution in [3.63, 3.8) is 0 Å². The molecule has 0 bridgehead atoms. The summed E-state index contributed by atoms with van der Waals surface area (Å²) < 4.78 is 16.7. The molecule has 2 saturated heterocycles. The minimum atomic E-state index is -0.103. The Morgan fingerprint density at radius 3 is 2.59 bits per heavy atom. The van der Waals surface area contributed by atoms with Crippen LogP contribution in [0.25, 0.3) is 0 Å². The van der Waals surface area contributed by atoms with Crippen LogP contribution in [0.4, 0.5) is 0 Å². The third-order valence-electron chi connectivity index (χ3n) is 5.19. The molecule has 0 N–H and O–H groups in total. The van der Waals surface area contributed by atoms with E-state index in [0.717, 1.165) is 19.4 Å². The van der Waals surface area contributed by atoms with Gasteiger partial charge in [0.15, 0.2) is 0 Å². The van der Waals surface area contributed by atoms with E-state index in [1.54, 1.807) is 17.9 Å². The van der Waals surface area contributed by atoms with Gasteiger partial charge in [0.1, 0.15) is 5.76 Å². The second kappa shape index (κ2) is 8.89. The summed E-state index contributed by atoms with van der Waals surface area (Å²) in [6.07, 6.45) is 3.90. The van der Waals surface area contributed by atoms with Crippen molar-refractivity contribution in [2.75, 3.05) is 32.8 Å². The van der Waals surface area contributed by atoms with Crippen molar-refractivity contribution in [3.8, 4) is 0 Å². The van der Waals surface area contributed by atoms with Gasteiger partial charge in [0.05, 0.1) is 30.1 Å². The molecule has 0 aliphatic carbocycles. The molecule has 7 nitrogen and oxygen atoms in total. The number of rotatable bonds is 6. The summed E-state index contributed by atoms with van der Waals surface area (Å²) in [7, 11) is 0. The zero-order valence-corrected chi connectivity index (χ0v) is 16.5. The Labute approximate surface area is 160 Å². The maximum absolute atomic E-state index is 13.0. The fraction of sp³-hybridized carbons (Fsp3) is 0.700. The van der Waals surface area contributed by atoms with Crippen molar-refractivity contribution in [2.45, 2.75) is 58.3 Å². The number of nitrogens with zero attached hydrogens (tertiary/aromatic N) is 2. The number of carbonyl (C=O) groups excluding carboxylic acids is 2. The molecular weight excluding hydrogens is 348 g/mol. The first-order valence-electron chi connectivity index (χ1n) is 9.82. The van der Waals surface area contributed by atoms with Crippen LogP contribution in [0, 0.1) is 6.92 Å². The molecule has 3 heterocycles. The smallest absolute Gasteiger partial charge is 0.257 e. The lowest BCUT2D eigenvalue weighted by molar-refractivity contribution is -0.143. The van der Waals surface area contributed by atoms with Gasteiger partial charge in [0.2, 0.25) is 5.91 Å². The highest BCUT2D eigenvalue weighted by Gasteiger charge is 2.28. The predicted molar refractivity (Wildman–Crippen MR) is 99.5 cm³/mol. The number of amides is 2. The highest BCUT2D eigenvalue weighted by Crippen LogP contribution is 2.18. The number of furan rings is 1. The van der Waals surface area contributed by atoms with Gasteiger partial charge in [0.25, 0.3) is 5.91 Å². The van der Waals surface area contributed by atoms with Gasteiger partial charge in [-0.2, -0.15) is 0 Å². The molecule has 0 unspecified atom stereocenters. The van der Waals surface area contributed by atoms with Crippen LogP contribution >= 0.6 is 0 Å². The number of ether oxygens (including phenoxy) is 2. The fourth-order valence-electron chi connectivity index (χ4n) is 3.86. The van der Waals surface area contributed by atoms with E-state index in [2.05, 4.69) is 0 Å². The van der Waals surface area contributed by atoms with Crippen molar-refractivity contribution in [2.24, 2.45) is 0 Å². The standard InChI is InChI=1S/C20H30N2O5/c1-14-11-22(12-15(2)27-14)19(23)6-8-21(13-17-5-4-9-26-17)20(24)18-7-10-25-16(18)3/h7,10,14-15,17H,4-6,8-9,11-13H2,1-3H3/t14-,15+,17-/m0/s1. The van der Waals surface area contributed by atoms with Crippen LogP contribution < -0.4 is 0 Å². The number of aryl methyl sites for hydroxylation is 1. The largest absolute Gasteiger partial charge is 0.469 e. The first-order chi connectivity index (χ1) is 12.9. The fourth-order valence-corrected chi connectivity index (χ4v) is 3.86. The second-order valence-electron chi connectivity index (χ2n) is 7.58. The van der Waals surface area contributed by atoms with E-state index >= 15 is 0 Å². The molecule has 0 radical (unpaired) electrons. The van der Waals surface area contributed by atoms with Crippen LogP contribution in [0.5, 0.6) is 0 Å². The Balaban J connectivity index is 1.63. The molecule has 2 amide bonds. The number of hydrogen-bond acceptors (Lipinski definition) is 5. The van der Waals surface area contributed by atoms with E-state index in [1.807, 2.05) is 18.7 Å². The Morgan fingerprint density at radius 1 is 1.26 bits per heavy atom. The highest BCUT2D eigenvalue weighted by atomic mass is 16.5. The summed E-state index contributed by atoms with van der Waals surface area (Å²) >= 11 is 0. The second-order valence-corrected chi connectivity index (χ2v) is 7.58. The maximum atomic E-state index is 13.0. The van der Waals surface area contributed by atoms with Crippen LogP contribution in [-0.2, 0) is 14.3 Å². The molecule has 0 spiro atoms. The van der Waals surface area contributed by atoms with E-state index in [4.69, 9.17) is 13.9 Å². The third-order valence-corrected chi connectivity index (χ3v) is 5.19. The highest BCUT2D eigenvalue weighted by molar-refractivity contribution is 5.95. The van der Waals surface area contributed by atoms with Gasteiger partial charge in [-0.25, -0.2) is 0 Å².